The van der Waals surface area contributed by atoms with Crippen molar-refractivity contribution in [2.24, 2.45) is 0 Å². The first kappa shape index (κ1) is 18.1. The summed E-state index contributed by atoms with van der Waals surface area (Å²) in [5.74, 6) is -0.107. The van der Waals surface area contributed by atoms with Gasteiger partial charge in [-0.15, -0.1) is 11.8 Å². The first-order valence-electron chi connectivity index (χ1n) is 7.13. The lowest BCUT2D eigenvalue weighted by Gasteiger charge is -2.29. The summed E-state index contributed by atoms with van der Waals surface area (Å²) in [4.78, 5) is 26.7. The minimum atomic E-state index is -0.956. The Morgan fingerprint density at radius 3 is 2.29 bits per heavy atom. The van der Waals surface area contributed by atoms with Crippen molar-refractivity contribution >= 4 is 23.8 Å². The molecule has 0 saturated carbocycles. The highest BCUT2D eigenvalue weighted by molar-refractivity contribution is 7.99. The molecule has 0 spiro atoms. The number of carboxylic acid groups (broad SMARTS) is 1. The molecule has 0 radical (unpaired) electrons. The van der Waals surface area contributed by atoms with E-state index in [0.29, 0.717) is 51.1 Å². The van der Waals surface area contributed by atoms with Gasteiger partial charge in [0.15, 0.2) is 0 Å². The molecule has 0 aromatic rings. The van der Waals surface area contributed by atoms with Gasteiger partial charge in [0.25, 0.3) is 0 Å². The third-order valence-electron chi connectivity index (χ3n) is 3.10. The molecule has 1 saturated heterocycles. The molecular formula is C13H24N2O5S. The van der Waals surface area contributed by atoms with Crippen molar-refractivity contribution in [3.8, 4) is 0 Å². The van der Waals surface area contributed by atoms with Crippen LogP contribution in [-0.2, 0) is 14.3 Å². The maximum Gasteiger partial charge on any atom is 0.327 e. The van der Waals surface area contributed by atoms with E-state index in [1.165, 1.54) is 16.7 Å². The summed E-state index contributed by atoms with van der Waals surface area (Å²) in [5, 5.41) is 9.17. The van der Waals surface area contributed by atoms with Crippen LogP contribution in [0.25, 0.3) is 0 Å². The van der Waals surface area contributed by atoms with Crippen LogP contribution in [0.2, 0.25) is 0 Å². The molecule has 0 aromatic carbocycles. The summed E-state index contributed by atoms with van der Waals surface area (Å²) in [6.45, 7) is 6.71. The fourth-order valence-corrected chi connectivity index (χ4v) is 3.10. The molecular weight excluding hydrogens is 296 g/mol. The molecule has 1 aliphatic heterocycles. The zero-order chi connectivity index (χ0) is 15.7. The molecule has 1 heterocycles. The number of ether oxygens (including phenoxy) is 2. The van der Waals surface area contributed by atoms with Crippen LogP contribution in [0, 0.1) is 0 Å². The van der Waals surface area contributed by atoms with Crippen molar-refractivity contribution in [2.45, 2.75) is 19.9 Å². The predicted octanol–water partition coefficient (Wildman–Crippen LogP) is 0.941. The van der Waals surface area contributed by atoms with Crippen LogP contribution in [-0.4, -0.2) is 84.1 Å². The number of hydrogen-bond donors (Lipinski definition) is 1. The van der Waals surface area contributed by atoms with Crippen LogP contribution in [0.5, 0.6) is 0 Å². The minimum absolute atomic E-state index is 0.258. The number of hydrogen-bond acceptors (Lipinski definition) is 5. The number of rotatable bonds is 9. The number of carboxylic acids is 1. The fraction of sp³-hybridized carbons (Fsp3) is 0.846. The number of carbonyl (C=O) groups is 2. The van der Waals surface area contributed by atoms with Crippen LogP contribution in [0.15, 0.2) is 0 Å². The summed E-state index contributed by atoms with van der Waals surface area (Å²) >= 11 is 1.46. The second-order valence-electron chi connectivity index (χ2n) is 4.49. The first-order valence-corrected chi connectivity index (χ1v) is 8.28. The average Bonchev–Trinajstić information content (AvgIpc) is 2.95. The molecule has 7 nitrogen and oxygen atoms in total. The smallest absolute Gasteiger partial charge is 0.327 e. The van der Waals surface area contributed by atoms with Gasteiger partial charge < -0.3 is 24.4 Å². The van der Waals surface area contributed by atoms with Gasteiger partial charge in [-0.05, 0) is 13.8 Å². The van der Waals surface area contributed by atoms with Crippen molar-refractivity contribution in [1.82, 2.24) is 9.80 Å². The molecule has 1 unspecified atom stereocenters. The number of thioether (sulfide) groups is 1. The number of carbonyl (C=O) groups excluding carboxylic acids is 1. The van der Waals surface area contributed by atoms with E-state index in [0.717, 1.165) is 0 Å². The maximum absolute atomic E-state index is 12.5. The zero-order valence-corrected chi connectivity index (χ0v) is 13.4. The van der Waals surface area contributed by atoms with Crippen molar-refractivity contribution in [3.05, 3.63) is 0 Å². The van der Waals surface area contributed by atoms with Crippen molar-refractivity contribution in [3.63, 3.8) is 0 Å². The largest absolute Gasteiger partial charge is 0.480 e. The Kier molecular flexibility index (Phi) is 8.48. The van der Waals surface area contributed by atoms with Gasteiger partial charge in [0, 0.05) is 32.1 Å². The molecule has 1 N–H and O–H groups in total. The SMILES string of the molecule is CCOCCN(CCOCC)C(=O)N1CSCC1C(=O)O. The lowest BCUT2D eigenvalue weighted by molar-refractivity contribution is -0.140. The first-order chi connectivity index (χ1) is 10.1. The van der Waals surface area contributed by atoms with E-state index in [-0.39, 0.29) is 6.03 Å². The average molecular weight is 320 g/mol. The highest BCUT2D eigenvalue weighted by Crippen LogP contribution is 2.22. The Hall–Kier alpha value is -0.990. The molecule has 1 atom stereocenters. The van der Waals surface area contributed by atoms with E-state index in [9.17, 15) is 9.59 Å². The van der Waals surface area contributed by atoms with Gasteiger partial charge in [0.1, 0.15) is 6.04 Å². The third-order valence-corrected chi connectivity index (χ3v) is 4.12. The number of amides is 2. The van der Waals surface area contributed by atoms with Crippen molar-refractivity contribution in [1.29, 1.82) is 0 Å². The van der Waals surface area contributed by atoms with Gasteiger partial charge in [-0.2, -0.15) is 0 Å². The van der Waals surface area contributed by atoms with Crippen molar-refractivity contribution in [2.75, 3.05) is 51.1 Å². The van der Waals surface area contributed by atoms with Gasteiger partial charge in [-0.25, -0.2) is 9.59 Å². The summed E-state index contributed by atoms with van der Waals surface area (Å²) in [7, 11) is 0. The quantitative estimate of drug-likeness (QED) is 0.637. The normalized spacial score (nSPS) is 18.0. The highest BCUT2D eigenvalue weighted by Gasteiger charge is 2.36. The minimum Gasteiger partial charge on any atom is -0.480 e. The summed E-state index contributed by atoms with van der Waals surface area (Å²) in [6.07, 6.45) is 0. The zero-order valence-electron chi connectivity index (χ0n) is 12.6. The van der Waals surface area contributed by atoms with E-state index in [1.807, 2.05) is 13.8 Å². The van der Waals surface area contributed by atoms with Crippen LogP contribution in [0.3, 0.4) is 0 Å². The van der Waals surface area contributed by atoms with E-state index < -0.39 is 12.0 Å². The molecule has 2 amide bonds. The summed E-state index contributed by atoms with van der Waals surface area (Å²) < 4.78 is 10.6. The Morgan fingerprint density at radius 2 is 1.81 bits per heavy atom. The van der Waals surface area contributed by atoms with E-state index in [4.69, 9.17) is 14.6 Å². The fourth-order valence-electron chi connectivity index (χ4n) is 1.96. The molecule has 0 bridgehead atoms. The predicted molar refractivity (Wildman–Crippen MR) is 80.5 cm³/mol. The summed E-state index contributed by atoms with van der Waals surface area (Å²) in [6, 6.07) is -1.00. The number of urea groups is 1. The Labute approximate surface area is 129 Å². The molecule has 0 aliphatic carbocycles. The van der Waals surface area contributed by atoms with Crippen LogP contribution >= 0.6 is 11.8 Å². The van der Waals surface area contributed by atoms with Crippen LogP contribution in [0.4, 0.5) is 4.79 Å². The standard InChI is InChI=1S/C13H24N2O5S/c1-3-19-7-5-14(6-8-20-4-2)13(18)15-10-21-9-11(15)12(16)17/h11H,3-10H2,1-2H3,(H,16,17). The van der Waals surface area contributed by atoms with Gasteiger partial charge >= 0.3 is 12.0 Å². The van der Waals surface area contributed by atoms with E-state index >= 15 is 0 Å². The number of nitrogens with zero attached hydrogens (tertiary/aromatic N) is 2. The second kappa shape index (κ2) is 9.86. The Bertz CT molecular complexity index is 333. The summed E-state index contributed by atoms with van der Waals surface area (Å²) in [5.41, 5.74) is 0. The molecule has 8 heteroatoms. The van der Waals surface area contributed by atoms with E-state index in [2.05, 4.69) is 0 Å². The van der Waals surface area contributed by atoms with Crippen LogP contribution in [0.1, 0.15) is 13.8 Å². The third kappa shape index (κ3) is 5.72. The monoisotopic (exact) mass is 320 g/mol. The van der Waals surface area contributed by atoms with E-state index in [1.54, 1.807) is 4.90 Å². The lowest BCUT2D eigenvalue weighted by atomic mass is 10.3. The van der Waals surface area contributed by atoms with Gasteiger partial charge in [0.05, 0.1) is 19.1 Å². The molecule has 1 rings (SSSR count). The maximum atomic E-state index is 12.5. The van der Waals surface area contributed by atoms with Crippen LogP contribution < -0.4 is 0 Å². The highest BCUT2D eigenvalue weighted by atomic mass is 32.2. The molecule has 0 aromatic heterocycles. The van der Waals surface area contributed by atoms with Gasteiger partial charge in [0.2, 0.25) is 0 Å². The lowest BCUT2D eigenvalue weighted by Crippen LogP contribution is -2.50. The van der Waals surface area contributed by atoms with Gasteiger partial charge in [-0.1, -0.05) is 0 Å². The molecule has 21 heavy (non-hydrogen) atoms. The van der Waals surface area contributed by atoms with Crippen molar-refractivity contribution < 1.29 is 24.2 Å². The Balaban J connectivity index is 2.61. The van der Waals surface area contributed by atoms with Gasteiger partial charge in [-0.3, -0.25) is 0 Å². The topological polar surface area (TPSA) is 79.3 Å². The molecule has 122 valence electrons. The number of aliphatic carboxylic acids is 1. The molecule has 1 fully saturated rings. The Morgan fingerprint density at radius 1 is 1.24 bits per heavy atom. The molecule has 1 aliphatic rings. The second-order valence-corrected chi connectivity index (χ2v) is 5.49.